The lowest BCUT2D eigenvalue weighted by atomic mass is 9.92. The molecule has 0 aliphatic heterocycles. The molecule has 8 heteroatoms. The van der Waals surface area contributed by atoms with Crippen molar-refractivity contribution in [1.82, 2.24) is 5.32 Å². The van der Waals surface area contributed by atoms with Crippen molar-refractivity contribution >= 4 is 23.2 Å². The fraction of sp³-hybridized carbons (Fsp3) is 0.533. The van der Waals surface area contributed by atoms with Gasteiger partial charge >= 0.3 is 5.69 Å². The van der Waals surface area contributed by atoms with Crippen LogP contribution in [-0.4, -0.2) is 29.0 Å². The second-order valence-electron chi connectivity index (χ2n) is 5.31. The first-order valence-corrected chi connectivity index (χ1v) is 7.79. The van der Waals surface area contributed by atoms with Gasteiger partial charge in [-0.1, -0.05) is 25.4 Å². The van der Waals surface area contributed by atoms with Gasteiger partial charge in [0.25, 0.3) is 5.91 Å². The monoisotopic (exact) mass is 343 g/mol. The highest BCUT2D eigenvalue weighted by molar-refractivity contribution is 6.30. The van der Waals surface area contributed by atoms with E-state index in [1.54, 1.807) is 0 Å². The Morgan fingerprint density at radius 3 is 2.57 bits per heavy atom. The molecule has 0 aliphatic rings. The number of ether oxygens (including phenoxy) is 1. The van der Waals surface area contributed by atoms with Crippen LogP contribution >= 0.6 is 11.6 Å². The molecule has 1 aromatic carbocycles. The van der Waals surface area contributed by atoms with E-state index in [1.165, 1.54) is 25.1 Å². The van der Waals surface area contributed by atoms with Gasteiger partial charge < -0.3 is 15.8 Å². The fourth-order valence-corrected chi connectivity index (χ4v) is 2.27. The van der Waals surface area contributed by atoms with Crippen LogP contribution in [0, 0.1) is 10.1 Å². The molecule has 0 aliphatic carbocycles. The van der Waals surface area contributed by atoms with Crippen molar-refractivity contribution in [2.75, 3.05) is 6.54 Å². The van der Waals surface area contributed by atoms with Gasteiger partial charge in [-0.25, -0.2) is 0 Å². The molecule has 1 rings (SSSR count). The number of nitrogens with zero attached hydrogens (tertiary/aromatic N) is 1. The molecule has 0 fully saturated rings. The zero-order valence-corrected chi connectivity index (χ0v) is 14.2. The van der Waals surface area contributed by atoms with E-state index in [0.29, 0.717) is 19.4 Å². The molecule has 0 saturated heterocycles. The second-order valence-corrected chi connectivity index (χ2v) is 5.75. The average molecular weight is 344 g/mol. The highest BCUT2D eigenvalue weighted by Crippen LogP contribution is 2.30. The Kier molecular flexibility index (Phi) is 6.78. The summed E-state index contributed by atoms with van der Waals surface area (Å²) in [6.45, 7) is 5.71. The number of benzene rings is 1. The molecule has 0 radical (unpaired) electrons. The quantitative estimate of drug-likeness (QED) is 0.557. The zero-order chi connectivity index (χ0) is 17.6. The molecule has 0 bridgehead atoms. The fourth-order valence-electron chi connectivity index (χ4n) is 2.11. The molecule has 1 amide bonds. The van der Waals surface area contributed by atoms with E-state index in [2.05, 4.69) is 5.32 Å². The molecule has 1 atom stereocenters. The largest absolute Gasteiger partial charge is 0.474 e. The zero-order valence-electron chi connectivity index (χ0n) is 13.5. The molecule has 128 valence electrons. The van der Waals surface area contributed by atoms with Crippen molar-refractivity contribution in [3.05, 3.63) is 33.3 Å². The van der Waals surface area contributed by atoms with E-state index in [9.17, 15) is 14.9 Å². The number of rotatable bonds is 8. The van der Waals surface area contributed by atoms with E-state index >= 15 is 0 Å². The summed E-state index contributed by atoms with van der Waals surface area (Å²) >= 11 is 5.75. The SMILES string of the molecule is CCC(CC)(CN)NC(=O)C(C)Oc1ccc(Cl)cc1[N+](=O)[O-]. The summed E-state index contributed by atoms with van der Waals surface area (Å²) in [7, 11) is 0. The van der Waals surface area contributed by atoms with E-state index in [4.69, 9.17) is 22.1 Å². The summed E-state index contributed by atoms with van der Waals surface area (Å²) in [5.74, 6) is -0.378. The normalized spacial score (nSPS) is 12.6. The third-order valence-corrected chi connectivity index (χ3v) is 4.16. The maximum Gasteiger partial charge on any atom is 0.312 e. The summed E-state index contributed by atoms with van der Waals surface area (Å²) in [6.07, 6.45) is 0.456. The standard InChI is InChI=1S/C15H22ClN3O4/c1-4-15(5-2,9-17)18-14(20)10(3)23-13-7-6-11(16)8-12(13)19(21)22/h6-8,10H,4-5,9,17H2,1-3H3,(H,18,20). The van der Waals surface area contributed by atoms with Crippen LogP contribution in [0.15, 0.2) is 18.2 Å². The summed E-state index contributed by atoms with van der Waals surface area (Å²) in [4.78, 5) is 22.7. The number of nitro benzene ring substituents is 1. The lowest BCUT2D eigenvalue weighted by molar-refractivity contribution is -0.386. The third-order valence-electron chi connectivity index (χ3n) is 3.92. The summed E-state index contributed by atoms with van der Waals surface area (Å²) < 4.78 is 5.45. The van der Waals surface area contributed by atoms with Crippen molar-refractivity contribution in [3.63, 3.8) is 0 Å². The van der Waals surface area contributed by atoms with E-state index in [0.717, 1.165) is 0 Å². The minimum absolute atomic E-state index is 0.00612. The van der Waals surface area contributed by atoms with Crippen LogP contribution in [-0.2, 0) is 4.79 Å². The molecule has 23 heavy (non-hydrogen) atoms. The Hall–Kier alpha value is -1.86. The van der Waals surface area contributed by atoms with Crippen LogP contribution in [0.4, 0.5) is 5.69 Å². The summed E-state index contributed by atoms with van der Waals surface area (Å²) in [5, 5.41) is 14.1. The number of carbonyl (C=O) groups is 1. The third kappa shape index (κ3) is 4.80. The Morgan fingerprint density at radius 1 is 1.48 bits per heavy atom. The number of carbonyl (C=O) groups excluding carboxylic acids is 1. The van der Waals surface area contributed by atoms with Crippen molar-refractivity contribution in [2.45, 2.75) is 45.3 Å². The first-order valence-electron chi connectivity index (χ1n) is 7.41. The van der Waals surface area contributed by atoms with Gasteiger partial charge in [-0.3, -0.25) is 14.9 Å². The number of nitro groups is 1. The topological polar surface area (TPSA) is 107 Å². The van der Waals surface area contributed by atoms with Crippen LogP contribution in [0.2, 0.25) is 5.02 Å². The summed E-state index contributed by atoms with van der Waals surface area (Å²) in [5.41, 5.74) is 4.97. The molecular weight excluding hydrogens is 322 g/mol. The smallest absolute Gasteiger partial charge is 0.312 e. The molecule has 0 heterocycles. The molecule has 0 spiro atoms. The number of hydrogen-bond acceptors (Lipinski definition) is 5. The van der Waals surface area contributed by atoms with Crippen molar-refractivity contribution in [1.29, 1.82) is 0 Å². The van der Waals surface area contributed by atoms with Gasteiger partial charge in [0.15, 0.2) is 11.9 Å². The van der Waals surface area contributed by atoms with Crippen LogP contribution in [0.25, 0.3) is 0 Å². The first kappa shape index (κ1) is 19.2. The number of amides is 1. The van der Waals surface area contributed by atoms with Crippen LogP contribution < -0.4 is 15.8 Å². The van der Waals surface area contributed by atoms with Gasteiger partial charge in [0.2, 0.25) is 0 Å². The lowest BCUT2D eigenvalue weighted by Gasteiger charge is -2.32. The van der Waals surface area contributed by atoms with Gasteiger partial charge in [0, 0.05) is 17.6 Å². The van der Waals surface area contributed by atoms with E-state index in [1.807, 2.05) is 13.8 Å². The van der Waals surface area contributed by atoms with Crippen molar-refractivity contribution in [3.8, 4) is 5.75 Å². The highest BCUT2D eigenvalue weighted by atomic mass is 35.5. The second kappa shape index (κ2) is 8.12. The predicted molar refractivity (Wildman–Crippen MR) is 88.7 cm³/mol. The molecule has 0 saturated carbocycles. The van der Waals surface area contributed by atoms with E-state index in [-0.39, 0.29) is 22.4 Å². The van der Waals surface area contributed by atoms with Crippen LogP contribution in [0.1, 0.15) is 33.6 Å². The Balaban J connectivity index is 2.89. The minimum atomic E-state index is -0.904. The van der Waals surface area contributed by atoms with Gasteiger partial charge in [-0.05, 0) is 31.9 Å². The minimum Gasteiger partial charge on any atom is -0.474 e. The Bertz CT molecular complexity index is 568. The number of nitrogens with one attached hydrogen (secondary N) is 1. The molecule has 7 nitrogen and oxygen atoms in total. The number of halogens is 1. The molecule has 0 aromatic heterocycles. The number of hydrogen-bond donors (Lipinski definition) is 2. The maximum absolute atomic E-state index is 12.3. The van der Waals surface area contributed by atoms with Gasteiger partial charge in [-0.2, -0.15) is 0 Å². The van der Waals surface area contributed by atoms with Crippen molar-refractivity contribution < 1.29 is 14.5 Å². The number of nitrogens with two attached hydrogens (primary N) is 1. The average Bonchev–Trinajstić information content (AvgIpc) is 2.53. The highest BCUT2D eigenvalue weighted by Gasteiger charge is 2.30. The van der Waals surface area contributed by atoms with Gasteiger partial charge in [0.1, 0.15) is 0 Å². The van der Waals surface area contributed by atoms with Crippen molar-refractivity contribution in [2.24, 2.45) is 5.73 Å². The van der Waals surface area contributed by atoms with Crippen LogP contribution in [0.5, 0.6) is 5.75 Å². The molecule has 3 N–H and O–H groups in total. The Morgan fingerprint density at radius 2 is 2.09 bits per heavy atom. The molecule has 1 unspecified atom stereocenters. The molecule has 1 aromatic rings. The van der Waals surface area contributed by atoms with Crippen LogP contribution in [0.3, 0.4) is 0 Å². The maximum atomic E-state index is 12.3. The first-order chi connectivity index (χ1) is 10.8. The van der Waals surface area contributed by atoms with Gasteiger partial charge in [-0.15, -0.1) is 0 Å². The molecular formula is C15H22ClN3O4. The predicted octanol–water partition coefficient (Wildman–Crippen LogP) is 2.65. The van der Waals surface area contributed by atoms with E-state index < -0.39 is 16.6 Å². The van der Waals surface area contributed by atoms with Gasteiger partial charge in [0.05, 0.1) is 10.5 Å². The summed E-state index contributed by atoms with van der Waals surface area (Å²) in [6, 6.07) is 4.03. The Labute approximate surface area is 140 Å². The lowest BCUT2D eigenvalue weighted by Crippen LogP contribution is -2.55.